The van der Waals surface area contributed by atoms with Crippen LogP contribution >= 0.6 is 0 Å². The van der Waals surface area contributed by atoms with Gasteiger partial charge in [0.05, 0.1) is 13.7 Å². The molecule has 106 valence electrons. The molecule has 0 heterocycles. The highest BCUT2D eigenvalue weighted by Gasteiger charge is 2.23. The Morgan fingerprint density at radius 3 is 2.58 bits per heavy atom. The van der Waals surface area contributed by atoms with Gasteiger partial charge < -0.3 is 16.2 Å². The van der Waals surface area contributed by atoms with Crippen LogP contribution in [0, 0.1) is 0 Å². The second kappa shape index (κ2) is 7.11. The number of carbonyl (C=O) groups is 1. The number of benzene rings is 1. The van der Waals surface area contributed by atoms with E-state index in [9.17, 15) is 4.79 Å². The van der Waals surface area contributed by atoms with Crippen LogP contribution in [0.25, 0.3) is 0 Å². The van der Waals surface area contributed by atoms with Crippen LogP contribution < -0.4 is 16.2 Å². The predicted molar refractivity (Wildman–Crippen MR) is 75.8 cm³/mol. The Kier molecular flexibility index (Phi) is 5.79. The molecule has 0 fully saturated rings. The molecule has 0 aliphatic heterocycles. The van der Waals surface area contributed by atoms with Gasteiger partial charge in [-0.15, -0.1) is 0 Å². The maximum absolute atomic E-state index is 11.2. The van der Waals surface area contributed by atoms with Gasteiger partial charge in [-0.2, -0.15) is 0 Å². The average Bonchev–Trinajstić information content (AvgIpc) is 2.38. The van der Waals surface area contributed by atoms with E-state index in [1.54, 1.807) is 7.11 Å². The van der Waals surface area contributed by atoms with Crippen molar-refractivity contribution < 1.29 is 9.53 Å². The Balaban J connectivity index is 3.04. The molecule has 1 atom stereocenters. The molecule has 0 bridgehead atoms. The van der Waals surface area contributed by atoms with Crippen molar-refractivity contribution in [1.29, 1.82) is 0 Å². The molecule has 5 nitrogen and oxygen atoms in total. The molecule has 1 unspecified atom stereocenters. The molecular formula is C14H23N3O2. The van der Waals surface area contributed by atoms with E-state index in [2.05, 4.69) is 0 Å². The summed E-state index contributed by atoms with van der Waals surface area (Å²) in [5.41, 5.74) is 12.2. The lowest BCUT2D eigenvalue weighted by Crippen LogP contribution is -2.43. The van der Waals surface area contributed by atoms with Crippen LogP contribution in [0.5, 0.6) is 5.75 Å². The van der Waals surface area contributed by atoms with Crippen LogP contribution in [0.4, 0.5) is 0 Å². The Hall–Kier alpha value is -1.59. The Labute approximate surface area is 114 Å². The van der Waals surface area contributed by atoms with Gasteiger partial charge in [0.2, 0.25) is 5.91 Å². The van der Waals surface area contributed by atoms with E-state index in [-0.39, 0.29) is 24.5 Å². The summed E-state index contributed by atoms with van der Waals surface area (Å²) in [6.07, 6.45) is 0. The monoisotopic (exact) mass is 265 g/mol. The van der Waals surface area contributed by atoms with E-state index in [4.69, 9.17) is 16.2 Å². The van der Waals surface area contributed by atoms with Gasteiger partial charge in [-0.05, 0) is 31.5 Å². The molecule has 4 N–H and O–H groups in total. The number of ether oxygens (including phenoxy) is 1. The van der Waals surface area contributed by atoms with E-state index in [0.717, 1.165) is 11.3 Å². The predicted octanol–water partition coefficient (Wildman–Crippen LogP) is 0.891. The van der Waals surface area contributed by atoms with Gasteiger partial charge in [0, 0.05) is 18.6 Å². The second-order valence-electron chi connectivity index (χ2n) is 4.76. The number of methoxy groups -OCH3 is 1. The van der Waals surface area contributed by atoms with Gasteiger partial charge in [0.15, 0.2) is 0 Å². The van der Waals surface area contributed by atoms with Gasteiger partial charge in [0.25, 0.3) is 0 Å². The third-order valence-corrected chi connectivity index (χ3v) is 3.10. The fourth-order valence-electron chi connectivity index (χ4n) is 2.14. The molecule has 1 aromatic rings. The number of nitrogens with zero attached hydrogens (tertiary/aromatic N) is 1. The molecule has 5 heteroatoms. The summed E-state index contributed by atoms with van der Waals surface area (Å²) in [6, 6.07) is 7.84. The molecular weight excluding hydrogens is 242 g/mol. The summed E-state index contributed by atoms with van der Waals surface area (Å²) >= 11 is 0. The van der Waals surface area contributed by atoms with Crippen molar-refractivity contribution in [3.05, 3.63) is 29.8 Å². The minimum atomic E-state index is -0.352. The lowest BCUT2D eigenvalue weighted by atomic mass is 10.0. The normalized spacial score (nSPS) is 12.7. The Morgan fingerprint density at radius 2 is 2.11 bits per heavy atom. The van der Waals surface area contributed by atoms with E-state index in [1.165, 1.54) is 0 Å². The average molecular weight is 265 g/mol. The van der Waals surface area contributed by atoms with Gasteiger partial charge in [-0.25, -0.2) is 0 Å². The van der Waals surface area contributed by atoms with Crippen molar-refractivity contribution in [2.45, 2.75) is 25.9 Å². The molecule has 1 aromatic carbocycles. The van der Waals surface area contributed by atoms with Gasteiger partial charge in [-0.3, -0.25) is 9.69 Å². The van der Waals surface area contributed by atoms with Crippen LogP contribution in [-0.4, -0.2) is 37.0 Å². The lowest BCUT2D eigenvalue weighted by Gasteiger charge is -2.33. The number of amides is 1. The molecule has 0 radical (unpaired) electrons. The zero-order valence-corrected chi connectivity index (χ0v) is 11.8. The molecule has 0 spiro atoms. The summed E-state index contributed by atoms with van der Waals surface area (Å²) in [6.45, 7) is 4.65. The lowest BCUT2D eigenvalue weighted by molar-refractivity contribution is -0.120. The Bertz CT molecular complexity index is 421. The van der Waals surface area contributed by atoms with Crippen LogP contribution in [0.1, 0.15) is 25.5 Å². The summed E-state index contributed by atoms with van der Waals surface area (Å²) in [7, 11) is 1.63. The first-order valence-electron chi connectivity index (χ1n) is 6.37. The first-order chi connectivity index (χ1) is 8.99. The number of carbonyl (C=O) groups excluding carboxylic acids is 1. The largest absolute Gasteiger partial charge is 0.497 e. The number of hydrogen-bond donors (Lipinski definition) is 2. The summed E-state index contributed by atoms with van der Waals surface area (Å²) in [4.78, 5) is 13.2. The van der Waals surface area contributed by atoms with Crippen molar-refractivity contribution in [3.8, 4) is 5.75 Å². The fraction of sp³-hybridized carbons (Fsp3) is 0.500. The third kappa shape index (κ3) is 4.22. The highest BCUT2D eigenvalue weighted by Crippen LogP contribution is 2.25. The van der Waals surface area contributed by atoms with E-state index < -0.39 is 0 Å². The maximum atomic E-state index is 11.2. The van der Waals surface area contributed by atoms with Crippen molar-refractivity contribution in [2.24, 2.45) is 11.5 Å². The van der Waals surface area contributed by atoms with Crippen molar-refractivity contribution in [1.82, 2.24) is 4.90 Å². The number of hydrogen-bond acceptors (Lipinski definition) is 4. The summed E-state index contributed by atoms with van der Waals surface area (Å²) < 4.78 is 5.22. The highest BCUT2D eigenvalue weighted by molar-refractivity contribution is 5.76. The van der Waals surface area contributed by atoms with Crippen LogP contribution in [0.15, 0.2) is 24.3 Å². The van der Waals surface area contributed by atoms with Crippen LogP contribution in [0.3, 0.4) is 0 Å². The molecule has 0 aromatic heterocycles. The first-order valence-corrected chi connectivity index (χ1v) is 6.37. The van der Waals surface area contributed by atoms with Gasteiger partial charge >= 0.3 is 0 Å². The Morgan fingerprint density at radius 1 is 1.42 bits per heavy atom. The van der Waals surface area contributed by atoms with Gasteiger partial charge in [0.1, 0.15) is 5.75 Å². The molecule has 0 aliphatic carbocycles. The smallest absolute Gasteiger partial charge is 0.231 e. The van der Waals surface area contributed by atoms with E-state index >= 15 is 0 Å². The number of rotatable bonds is 7. The molecule has 0 saturated carbocycles. The van der Waals surface area contributed by atoms with Gasteiger partial charge in [-0.1, -0.05) is 12.1 Å². The van der Waals surface area contributed by atoms with E-state index in [1.807, 2.05) is 43.0 Å². The standard InChI is InChI=1S/C14H23N3O2/c1-10(2)17(9-14(16)18)13(8-15)11-5-4-6-12(7-11)19-3/h4-7,10,13H,8-9,15H2,1-3H3,(H2,16,18). The second-order valence-corrected chi connectivity index (χ2v) is 4.76. The zero-order chi connectivity index (χ0) is 14.4. The fourth-order valence-corrected chi connectivity index (χ4v) is 2.14. The summed E-state index contributed by atoms with van der Waals surface area (Å²) in [5.74, 6) is 0.425. The SMILES string of the molecule is COc1cccc(C(CN)N(CC(N)=O)C(C)C)c1. The molecule has 0 aliphatic rings. The molecule has 1 rings (SSSR count). The quantitative estimate of drug-likeness (QED) is 0.767. The van der Waals surface area contributed by atoms with Crippen molar-refractivity contribution in [3.63, 3.8) is 0 Å². The minimum Gasteiger partial charge on any atom is -0.497 e. The molecule has 19 heavy (non-hydrogen) atoms. The van der Waals surface area contributed by atoms with Crippen LogP contribution in [-0.2, 0) is 4.79 Å². The number of primary amides is 1. The maximum Gasteiger partial charge on any atom is 0.231 e. The third-order valence-electron chi connectivity index (χ3n) is 3.10. The summed E-state index contributed by atoms with van der Waals surface area (Å²) in [5, 5.41) is 0. The number of nitrogens with two attached hydrogens (primary N) is 2. The highest BCUT2D eigenvalue weighted by atomic mass is 16.5. The first kappa shape index (κ1) is 15.5. The zero-order valence-electron chi connectivity index (χ0n) is 11.8. The van der Waals surface area contributed by atoms with Crippen molar-refractivity contribution >= 4 is 5.91 Å². The molecule has 1 amide bonds. The molecule has 0 saturated heterocycles. The van der Waals surface area contributed by atoms with Crippen LogP contribution in [0.2, 0.25) is 0 Å². The minimum absolute atomic E-state index is 0.0531. The van der Waals surface area contributed by atoms with Crippen molar-refractivity contribution in [2.75, 3.05) is 20.2 Å². The van der Waals surface area contributed by atoms with E-state index in [0.29, 0.717) is 6.54 Å². The topological polar surface area (TPSA) is 81.6 Å².